The van der Waals surface area contributed by atoms with E-state index in [1.807, 2.05) is 30.6 Å². The van der Waals surface area contributed by atoms with Crippen molar-refractivity contribution in [3.8, 4) is 10.6 Å². The monoisotopic (exact) mass is 379 g/mol. The van der Waals surface area contributed by atoms with Crippen LogP contribution in [-0.2, 0) is 13.6 Å². The first-order valence-corrected chi connectivity index (χ1v) is 9.42. The van der Waals surface area contributed by atoms with Crippen molar-refractivity contribution in [1.82, 2.24) is 9.88 Å². The van der Waals surface area contributed by atoms with E-state index in [9.17, 15) is 9.18 Å². The highest BCUT2D eigenvalue weighted by atomic mass is 32.1. The summed E-state index contributed by atoms with van der Waals surface area (Å²) in [4.78, 5) is 13.4. The Kier molecular flexibility index (Phi) is 4.64. The minimum Gasteiger partial charge on any atom is -0.343 e. The number of carbonyl (C=O) groups is 1. The fourth-order valence-electron chi connectivity index (χ4n) is 3.26. The third-order valence-electron chi connectivity index (χ3n) is 4.49. The molecule has 136 valence electrons. The summed E-state index contributed by atoms with van der Waals surface area (Å²) in [5.74, 6) is -0.336. The number of urea groups is 1. The lowest BCUT2D eigenvalue weighted by molar-refractivity contribution is 0.252. The number of nitrogens with zero attached hydrogens (tertiary/aromatic N) is 1. The molecule has 4 rings (SSSR count). The standard InChI is InChI=1S/C21H18FN3OS/c1-25-18-6-3-2-5-16(18)17(20(25)19-7-4-12-27-19)13-23-21(26)24-15-10-8-14(22)9-11-15/h2-12H,13H2,1H3,(H2,23,24,26). The van der Waals surface area contributed by atoms with Gasteiger partial charge in [-0.3, -0.25) is 0 Å². The van der Waals surface area contributed by atoms with Crippen LogP contribution in [-0.4, -0.2) is 10.6 Å². The van der Waals surface area contributed by atoms with Crippen LogP contribution in [0.25, 0.3) is 21.5 Å². The van der Waals surface area contributed by atoms with Crippen LogP contribution in [0.4, 0.5) is 14.9 Å². The van der Waals surface area contributed by atoms with E-state index < -0.39 is 0 Å². The maximum atomic E-state index is 13.0. The van der Waals surface area contributed by atoms with Crippen molar-refractivity contribution in [3.63, 3.8) is 0 Å². The van der Waals surface area contributed by atoms with Gasteiger partial charge < -0.3 is 15.2 Å². The van der Waals surface area contributed by atoms with Crippen LogP contribution in [0.5, 0.6) is 0 Å². The Labute approximate surface area is 160 Å². The highest BCUT2D eigenvalue weighted by Gasteiger charge is 2.17. The summed E-state index contributed by atoms with van der Waals surface area (Å²) in [5.41, 5.74) is 3.85. The number of thiophene rings is 1. The van der Waals surface area contributed by atoms with Crippen molar-refractivity contribution >= 4 is 34.0 Å². The first-order valence-electron chi connectivity index (χ1n) is 8.54. The molecule has 0 spiro atoms. The summed E-state index contributed by atoms with van der Waals surface area (Å²) in [6.45, 7) is 0.390. The van der Waals surface area contributed by atoms with Crippen LogP contribution in [0.15, 0.2) is 66.0 Å². The van der Waals surface area contributed by atoms with Gasteiger partial charge in [0.15, 0.2) is 0 Å². The highest BCUT2D eigenvalue weighted by Crippen LogP contribution is 2.35. The molecule has 2 N–H and O–H groups in total. The van der Waals surface area contributed by atoms with E-state index >= 15 is 0 Å². The van der Waals surface area contributed by atoms with E-state index in [0.29, 0.717) is 12.2 Å². The topological polar surface area (TPSA) is 46.1 Å². The molecule has 0 unspecified atom stereocenters. The molecule has 0 saturated carbocycles. The van der Waals surface area contributed by atoms with Gasteiger partial charge in [0.1, 0.15) is 5.82 Å². The summed E-state index contributed by atoms with van der Waals surface area (Å²) in [5, 5.41) is 8.81. The normalized spacial score (nSPS) is 10.9. The smallest absolute Gasteiger partial charge is 0.319 e. The van der Waals surface area contributed by atoms with Gasteiger partial charge in [-0.2, -0.15) is 0 Å². The Morgan fingerprint density at radius 2 is 1.85 bits per heavy atom. The van der Waals surface area contributed by atoms with Crippen LogP contribution < -0.4 is 10.6 Å². The maximum Gasteiger partial charge on any atom is 0.319 e. The van der Waals surface area contributed by atoms with Crippen LogP contribution in [0.3, 0.4) is 0 Å². The molecule has 4 aromatic rings. The number of anilines is 1. The van der Waals surface area contributed by atoms with Crippen LogP contribution in [0.1, 0.15) is 5.56 Å². The lowest BCUT2D eigenvalue weighted by atomic mass is 10.1. The number of amides is 2. The van der Waals surface area contributed by atoms with Gasteiger partial charge in [0.2, 0.25) is 0 Å². The summed E-state index contributed by atoms with van der Waals surface area (Å²) >= 11 is 1.67. The second kappa shape index (κ2) is 7.25. The molecule has 2 aromatic heterocycles. The van der Waals surface area contributed by atoms with Gasteiger partial charge in [-0.25, -0.2) is 9.18 Å². The first kappa shape index (κ1) is 17.3. The molecule has 2 aromatic carbocycles. The predicted molar refractivity (Wildman–Crippen MR) is 108 cm³/mol. The fraction of sp³-hybridized carbons (Fsp3) is 0.0952. The van der Waals surface area contributed by atoms with E-state index in [1.54, 1.807) is 11.3 Å². The molecule has 0 radical (unpaired) electrons. The maximum absolute atomic E-state index is 13.0. The number of hydrogen-bond acceptors (Lipinski definition) is 2. The van der Waals surface area contributed by atoms with Gasteiger partial charge in [-0.1, -0.05) is 24.3 Å². The molecule has 4 nitrogen and oxygen atoms in total. The number of para-hydroxylation sites is 1. The zero-order valence-corrected chi connectivity index (χ0v) is 15.5. The van der Waals surface area contributed by atoms with Crippen molar-refractivity contribution < 1.29 is 9.18 Å². The summed E-state index contributed by atoms with van der Waals surface area (Å²) < 4.78 is 15.2. The number of aromatic nitrogens is 1. The molecule has 2 amide bonds. The molecule has 27 heavy (non-hydrogen) atoms. The summed E-state index contributed by atoms with van der Waals surface area (Å²) in [7, 11) is 2.04. The first-order chi connectivity index (χ1) is 13.1. The molecule has 0 fully saturated rings. The quantitative estimate of drug-likeness (QED) is 0.492. The summed E-state index contributed by atoms with van der Waals surface area (Å²) in [6.07, 6.45) is 0. The molecule has 0 aliphatic carbocycles. The molecular weight excluding hydrogens is 361 g/mol. The number of hydrogen-bond donors (Lipinski definition) is 2. The van der Waals surface area contributed by atoms with Crippen molar-refractivity contribution in [2.45, 2.75) is 6.54 Å². The molecule has 0 atom stereocenters. The number of halogens is 1. The number of nitrogens with one attached hydrogen (secondary N) is 2. The molecular formula is C21H18FN3OS. The van der Waals surface area contributed by atoms with Crippen molar-refractivity contribution in [3.05, 3.63) is 77.4 Å². The zero-order valence-electron chi connectivity index (χ0n) is 14.7. The Morgan fingerprint density at radius 3 is 2.59 bits per heavy atom. The van der Waals surface area contributed by atoms with Gasteiger partial charge in [0.25, 0.3) is 0 Å². The van der Waals surface area contributed by atoms with E-state index in [1.165, 1.54) is 24.3 Å². The number of aryl methyl sites for hydroxylation is 1. The molecule has 6 heteroatoms. The molecule has 0 saturated heterocycles. The van der Waals surface area contributed by atoms with Gasteiger partial charge in [-0.15, -0.1) is 11.3 Å². The van der Waals surface area contributed by atoms with Crippen molar-refractivity contribution in [2.75, 3.05) is 5.32 Å². The van der Waals surface area contributed by atoms with Crippen LogP contribution in [0, 0.1) is 5.82 Å². The van der Waals surface area contributed by atoms with Gasteiger partial charge in [0, 0.05) is 35.7 Å². The molecule has 0 aliphatic heterocycles. The predicted octanol–water partition coefficient (Wildman–Crippen LogP) is 5.37. The SMILES string of the molecule is Cn1c(-c2cccs2)c(CNC(=O)Nc2ccc(F)cc2)c2ccccc21. The number of benzene rings is 2. The Bertz CT molecular complexity index is 1080. The molecule has 0 bridgehead atoms. The largest absolute Gasteiger partial charge is 0.343 e. The Hall–Kier alpha value is -3.12. The van der Waals surface area contributed by atoms with Crippen molar-refractivity contribution in [1.29, 1.82) is 0 Å². The van der Waals surface area contributed by atoms with E-state index in [4.69, 9.17) is 0 Å². The minimum atomic E-state index is -0.336. The van der Waals surface area contributed by atoms with Crippen LogP contribution in [0.2, 0.25) is 0 Å². The third kappa shape index (κ3) is 3.44. The second-order valence-corrected chi connectivity index (χ2v) is 7.14. The lowest BCUT2D eigenvalue weighted by Gasteiger charge is -2.09. The van der Waals surface area contributed by atoms with E-state index in [0.717, 1.165) is 27.0 Å². The minimum absolute atomic E-state index is 0.327. The second-order valence-electron chi connectivity index (χ2n) is 6.20. The number of carbonyl (C=O) groups excluding carboxylic acids is 1. The van der Waals surface area contributed by atoms with Gasteiger partial charge >= 0.3 is 6.03 Å². The van der Waals surface area contributed by atoms with Crippen molar-refractivity contribution in [2.24, 2.45) is 7.05 Å². The Morgan fingerprint density at radius 1 is 1.07 bits per heavy atom. The van der Waals surface area contributed by atoms with E-state index in [-0.39, 0.29) is 11.8 Å². The zero-order chi connectivity index (χ0) is 18.8. The van der Waals surface area contributed by atoms with Gasteiger partial charge in [0.05, 0.1) is 10.6 Å². The average molecular weight is 379 g/mol. The lowest BCUT2D eigenvalue weighted by Crippen LogP contribution is -2.28. The van der Waals surface area contributed by atoms with Crippen LogP contribution >= 0.6 is 11.3 Å². The number of rotatable bonds is 4. The Balaban J connectivity index is 1.60. The molecule has 0 aliphatic rings. The van der Waals surface area contributed by atoms with E-state index in [2.05, 4.69) is 33.4 Å². The summed E-state index contributed by atoms with van der Waals surface area (Å²) in [6, 6.07) is 17.6. The third-order valence-corrected chi connectivity index (χ3v) is 5.37. The van der Waals surface area contributed by atoms with Gasteiger partial charge in [-0.05, 0) is 41.8 Å². The number of fused-ring (bicyclic) bond motifs is 1. The highest BCUT2D eigenvalue weighted by molar-refractivity contribution is 7.13. The fourth-order valence-corrected chi connectivity index (χ4v) is 4.09. The molecule has 2 heterocycles. The average Bonchev–Trinajstić information content (AvgIpc) is 3.29.